The monoisotopic (exact) mass is 358 g/mol. The zero-order valence-electron chi connectivity index (χ0n) is 13.4. The minimum Gasteiger partial charge on any atom is -0.332 e. The third kappa shape index (κ3) is 6.07. The normalized spacial score (nSPS) is 10.4. The summed E-state index contributed by atoms with van der Waals surface area (Å²) in [5, 5.41) is 7.57. The number of thiocarbonyl (C=S) groups is 1. The third-order valence-electron chi connectivity index (χ3n) is 2.85. The van der Waals surface area contributed by atoms with E-state index in [2.05, 4.69) is 41.7 Å². The highest BCUT2D eigenvalue weighted by molar-refractivity contribution is 7.80. The molecule has 0 radical (unpaired) electrons. The van der Waals surface area contributed by atoms with Gasteiger partial charge in [0, 0.05) is 16.3 Å². The van der Waals surface area contributed by atoms with E-state index in [1.807, 2.05) is 48.5 Å². The van der Waals surface area contributed by atoms with Crippen molar-refractivity contribution >= 4 is 48.4 Å². The second kappa shape index (κ2) is 7.65. The maximum absolute atomic E-state index is 5.88. The smallest absolute Gasteiger partial charge is 0.175 e. The molecule has 0 aromatic heterocycles. The molecule has 118 valence electrons. The lowest BCUT2D eigenvalue weighted by Gasteiger charge is -2.12. The molecule has 2 aromatic rings. The molecule has 0 saturated heterocycles. The van der Waals surface area contributed by atoms with Crippen LogP contribution in [-0.2, 0) is 0 Å². The van der Waals surface area contributed by atoms with E-state index in [0.717, 1.165) is 16.9 Å². The quantitative estimate of drug-likeness (QED) is 0.428. The number of halogens is 1. The van der Waals surface area contributed by atoms with Crippen LogP contribution in [0.2, 0.25) is 24.7 Å². The number of para-hydroxylation sites is 1. The van der Waals surface area contributed by atoms with Crippen LogP contribution in [0, 0.1) is 11.5 Å². The molecule has 2 aromatic carbocycles. The predicted molar refractivity (Wildman–Crippen MR) is 108 cm³/mol. The van der Waals surface area contributed by atoms with Gasteiger partial charge in [0.05, 0.1) is 5.69 Å². The molecule has 0 fully saturated rings. The van der Waals surface area contributed by atoms with Crippen LogP contribution in [0.15, 0.2) is 48.5 Å². The maximum atomic E-state index is 5.88. The molecule has 2 rings (SSSR count). The first-order valence-corrected chi connectivity index (χ1v) is 11.6. The lowest BCUT2D eigenvalue weighted by atomic mass is 10.2. The molecule has 0 amide bonds. The van der Waals surface area contributed by atoms with Crippen LogP contribution in [0.1, 0.15) is 5.56 Å². The molecule has 5 heteroatoms. The van der Waals surface area contributed by atoms with E-state index in [4.69, 9.17) is 23.8 Å². The molecule has 0 atom stereocenters. The molecule has 0 heterocycles. The van der Waals surface area contributed by atoms with Gasteiger partial charge in [0.2, 0.25) is 0 Å². The zero-order chi connectivity index (χ0) is 16.9. The Balaban J connectivity index is 2.11. The van der Waals surface area contributed by atoms with Gasteiger partial charge >= 0.3 is 0 Å². The number of anilines is 2. The van der Waals surface area contributed by atoms with Crippen LogP contribution >= 0.6 is 23.8 Å². The van der Waals surface area contributed by atoms with Crippen LogP contribution in [0.5, 0.6) is 0 Å². The van der Waals surface area contributed by atoms with Gasteiger partial charge in [-0.05, 0) is 48.6 Å². The Morgan fingerprint density at radius 1 is 1.00 bits per heavy atom. The highest BCUT2D eigenvalue weighted by atomic mass is 35.5. The largest absolute Gasteiger partial charge is 0.332 e. The first-order valence-electron chi connectivity index (χ1n) is 7.29. The first kappa shape index (κ1) is 17.5. The van der Waals surface area contributed by atoms with Crippen LogP contribution < -0.4 is 10.6 Å². The van der Waals surface area contributed by atoms with Crippen molar-refractivity contribution in [3.63, 3.8) is 0 Å². The van der Waals surface area contributed by atoms with E-state index in [1.54, 1.807) is 0 Å². The van der Waals surface area contributed by atoms with E-state index < -0.39 is 8.07 Å². The third-order valence-corrected chi connectivity index (χ3v) is 4.18. The second-order valence-corrected chi connectivity index (χ2v) is 11.7. The summed E-state index contributed by atoms with van der Waals surface area (Å²) >= 11 is 11.3. The molecule has 0 bridgehead atoms. The summed E-state index contributed by atoms with van der Waals surface area (Å²) in [4.78, 5) is 0. The summed E-state index contributed by atoms with van der Waals surface area (Å²) in [6.07, 6.45) is 0. The van der Waals surface area contributed by atoms with Crippen molar-refractivity contribution < 1.29 is 0 Å². The summed E-state index contributed by atoms with van der Waals surface area (Å²) in [6, 6.07) is 15.3. The highest BCUT2D eigenvalue weighted by Crippen LogP contribution is 2.16. The molecule has 2 nitrogen and oxygen atoms in total. The molecule has 0 saturated carbocycles. The van der Waals surface area contributed by atoms with Gasteiger partial charge in [0.15, 0.2) is 5.11 Å². The van der Waals surface area contributed by atoms with Crippen molar-refractivity contribution in [2.24, 2.45) is 0 Å². The Hall–Kier alpha value is -1.80. The SMILES string of the molecule is C[Si](C)(C)C#Cc1ccccc1NC(=S)Nc1ccc(Cl)cc1. The van der Waals surface area contributed by atoms with Crippen LogP contribution in [0.4, 0.5) is 11.4 Å². The van der Waals surface area contributed by atoms with Gasteiger partial charge in [-0.3, -0.25) is 0 Å². The second-order valence-electron chi connectivity index (χ2n) is 6.13. The van der Waals surface area contributed by atoms with Crippen molar-refractivity contribution in [3.05, 3.63) is 59.1 Å². The standard InChI is InChI=1S/C18H19ClN2SSi/c1-23(2,3)13-12-14-6-4-5-7-17(14)21-18(22)20-16-10-8-15(19)9-11-16/h4-11H,1-3H3,(H2,20,21,22). The average molecular weight is 359 g/mol. The lowest BCUT2D eigenvalue weighted by Crippen LogP contribution is -2.20. The molecular weight excluding hydrogens is 340 g/mol. The van der Waals surface area contributed by atoms with Crippen molar-refractivity contribution in [2.45, 2.75) is 19.6 Å². The van der Waals surface area contributed by atoms with Gasteiger partial charge in [0.25, 0.3) is 0 Å². The average Bonchev–Trinajstić information content (AvgIpc) is 2.48. The Morgan fingerprint density at radius 3 is 2.30 bits per heavy atom. The molecular formula is C18H19ClN2SSi. The van der Waals surface area contributed by atoms with Gasteiger partial charge in [0.1, 0.15) is 8.07 Å². The fourth-order valence-corrected chi connectivity index (χ4v) is 2.64. The number of rotatable bonds is 2. The van der Waals surface area contributed by atoms with E-state index in [-0.39, 0.29) is 0 Å². The van der Waals surface area contributed by atoms with Gasteiger partial charge in [-0.2, -0.15) is 0 Å². The Bertz CT molecular complexity index is 755. The molecule has 23 heavy (non-hydrogen) atoms. The summed E-state index contributed by atoms with van der Waals surface area (Å²) in [6.45, 7) is 6.67. The fourth-order valence-electron chi connectivity index (χ4n) is 1.77. The van der Waals surface area contributed by atoms with Gasteiger partial charge in [-0.1, -0.05) is 49.3 Å². The van der Waals surface area contributed by atoms with Crippen molar-refractivity contribution in [2.75, 3.05) is 10.6 Å². The van der Waals surface area contributed by atoms with Crippen molar-refractivity contribution in [1.29, 1.82) is 0 Å². The summed E-state index contributed by atoms with van der Waals surface area (Å²) in [5.74, 6) is 3.27. The van der Waals surface area contributed by atoms with Crippen molar-refractivity contribution in [3.8, 4) is 11.5 Å². The molecule has 0 aliphatic rings. The zero-order valence-corrected chi connectivity index (χ0v) is 16.0. The van der Waals surface area contributed by atoms with Gasteiger partial charge < -0.3 is 10.6 Å². The molecule has 0 spiro atoms. The molecule has 0 unspecified atom stereocenters. The summed E-state index contributed by atoms with van der Waals surface area (Å²) < 4.78 is 0. The van der Waals surface area contributed by atoms with E-state index in [0.29, 0.717) is 10.1 Å². The van der Waals surface area contributed by atoms with Crippen LogP contribution in [0.3, 0.4) is 0 Å². The molecule has 0 aliphatic carbocycles. The molecule has 2 N–H and O–H groups in total. The van der Waals surface area contributed by atoms with E-state index in [9.17, 15) is 0 Å². The van der Waals surface area contributed by atoms with Gasteiger partial charge in [-0.25, -0.2) is 0 Å². The Morgan fingerprint density at radius 2 is 1.65 bits per heavy atom. The molecule has 0 aliphatic heterocycles. The number of benzene rings is 2. The minimum atomic E-state index is -1.42. The minimum absolute atomic E-state index is 0.523. The summed E-state index contributed by atoms with van der Waals surface area (Å²) in [5.41, 5.74) is 6.13. The highest BCUT2D eigenvalue weighted by Gasteiger charge is 2.08. The van der Waals surface area contributed by atoms with Crippen LogP contribution in [0.25, 0.3) is 0 Å². The number of hydrogen-bond acceptors (Lipinski definition) is 1. The topological polar surface area (TPSA) is 24.1 Å². The maximum Gasteiger partial charge on any atom is 0.175 e. The summed E-state index contributed by atoms with van der Waals surface area (Å²) in [7, 11) is -1.42. The Kier molecular flexibility index (Phi) is 5.84. The Labute approximate surface area is 149 Å². The van der Waals surface area contributed by atoms with Gasteiger partial charge in [-0.15, -0.1) is 5.54 Å². The van der Waals surface area contributed by atoms with Crippen LogP contribution in [-0.4, -0.2) is 13.2 Å². The fraction of sp³-hybridized carbons (Fsp3) is 0.167. The predicted octanol–water partition coefficient (Wildman–Crippen LogP) is 5.38. The van der Waals surface area contributed by atoms with E-state index in [1.165, 1.54) is 0 Å². The van der Waals surface area contributed by atoms with Crippen molar-refractivity contribution in [1.82, 2.24) is 0 Å². The van der Waals surface area contributed by atoms with E-state index >= 15 is 0 Å². The first-order chi connectivity index (χ1) is 10.8. The lowest BCUT2D eigenvalue weighted by molar-refractivity contribution is 1.57. The number of hydrogen-bond donors (Lipinski definition) is 2. The number of nitrogens with one attached hydrogen (secondary N) is 2.